The largest absolute Gasteiger partial charge is 0.453 e. The van der Waals surface area contributed by atoms with Crippen molar-refractivity contribution in [2.45, 2.75) is 102 Å². The van der Waals surface area contributed by atoms with Gasteiger partial charge in [0.1, 0.15) is 6.10 Å². The molecule has 2 heterocycles. The maximum absolute atomic E-state index is 12.8. The monoisotopic (exact) mass is 462 g/mol. The maximum Gasteiger partial charge on any atom is 0.334 e. The molecule has 0 amide bonds. The predicted molar refractivity (Wildman–Crippen MR) is 130 cm³/mol. The topological polar surface area (TPSA) is 54.0 Å². The molecule has 0 N–H and O–H groups in total. The summed E-state index contributed by atoms with van der Waals surface area (Å²) >= 11 is 0. The third kappa shape index (κ3) is 4.08. The van der Waals surface area contributed by atoms with Crippen molar-refractivity contribution in [3.63, 3.8) is 0 Å². The summed E-state index contributed by atoms with van der Waals surface area (Å²) in [4.78, 5) is 12.8. The van der Waals surface area contributed by atoms with Crippen molar-refractivity contribution in [3.8, 4) is 0 Å². The van der Waals surface area contributed by atoms with Gasteiger partial charge in [-0.3, -0.25) is 0 Å². The van der Waals surface area contributed by atoms with Crippen molar-refractivity contribution in [1.29, 1.82) is 0 Å². The Bertz CT molecular complexity index is 753. The Morgan fingerprint density at radius 1 is 1.12 bits per heavy atom. The Balaban J connectivity index is 2.05. The van der Waals surface area contributed by atoms with Crippen LogP contribution < -0.4 is 0 Å². The smallest absolute Gasteiger partial charge is 0.334 e. The van der Waals surface area contributed by atoms with Crippen molar-refractivity contribution >= 4 is 14.3 Å². The Morgan fingerprint density at radius 2 is 1.69 bits per heavy atom. The molecule has 32 heavy (non-hydrogen) atoms. The molecule has 0 bridgehead atoms. The van der Waals surface area contributed by atoms with Crippen LogP contribution >= 0.6 is 0 Å². The SMILES string of the molecule is C=CC[C@H](O[Si](C(C)C)(C(C)C)C(C)C)[C@H]1C(=C)C(=O)O[C@@H]1C1=C(C)CCC12OCCO2. The Labute approximate surface area is 195 Å². The highest BCUT2D eigenvalue weighted by atomic mass is 28.4. The van der Waals surface area contributed by atoms with E-state index in [1.165, 1.54) is 5.57 Å². The second kappa shape index (κ2) is 9.57. The van der Waals surface area contributed by atoms with Crippen molar-refractivity contribution in [1.82, 2.24) is 0 Å². The van der Waals surface area contributed by atoms with Crippen LogP contribution in [0.5, 0.6) is 0 Å². The first-order valence-electron chi connectivity index (χ1n) is 12.2. The van der Waals surface area contributed by atoms with Gasteiger partial charge in [-0.2, -0.15) is 0 Å². The van der Waals surface area contributed by atoms with Crippen LogP contribution in [0.2, 0.25) is 16.6 Å². The van der Waals surface area contributed by atoms with Crippen LogP contribution in [0.25, 0.3) is 0 Å². The average molecular weight is 463 g/mol. The van der Waals surface area contributed by atoms with Crippen LogP contribution in [0.15, 0.2) is 36.0 Å². The molecule has 0 aromatic heterocycles. The molecule has 1 aliphatic carbocycles. The lowest BCUT2D eigenvalue weighted by Gasteiger charge is -2.46. The van der Waals surface area contributed by atoms with E-state index in [-0.39, 0.29) is 18.0 Å². The molecule has 2 saturated heterocycles. The Morgan fingerprint density at radius 3 is 2.19 bits per heavy atom. The van der Waals surface area contributed by atoms with Crippen LogP contribution in [-0.2, 0) is 23.4 Å². The molecule has 0 unspecified atom stereocenters. The van der Waals surface area contributed by atoms with E-state index in [0.29, 0.717) is 41.8 Å². The standard InChI is InChI=1S/C26H42O5Si/c1-10-11-21(31-32(16(2)3,17(4)5)18(6)7)22-20(9)25(27)30-24(22)23-19(8)12-13-26(23)28-14-15-29-26/h10,16-18,21-22,24H,1,9,11-15H2,2-8H3/t21-,22+,24-/m0/s1. The fourth-order valence-corrected chi connectivity index (χ4v) is 12.1. The second-order valence-corrected chi connectivity index (χ2v) is 15.9. The van der Waals surface area contributed by atoms with Gasteiger partial charge in [0, 0.05) is 17.6 Å². The van der Waals surface area contributed by atoms with Crippen LogP contribution in [0.3, 0.4) is 0 Å². The number of allylic oxidation sites excluding steroid dienone is 1. The number of hydrogen-bond donors (Lipinski definition) is 0. The maximum atomic E-state index is 12.8. The second-order valence-electron chi connectivity index (χ2n) is 10.5. The average Bonchev–Trinajstić information content (AvgIpc) is 3.38. The molecule has 3 rings (SSSR count). The molecule has 0 aromatic rings. The van der Waals surface area contributed by atoms with Gasteiger partial charge in [0.25, 0.3) is 0 Å². The van der Waals surface area contributed by atoms with Gasteiger partial charge in [0.05, 0.1) is 25.2 Å². The lowest BCUT2D eigenvalue weighted by atomic mass is 9.83. The first-order chi connectivity index (χ1) is 15.0. The highest BCUT2D eigenvalue weighted by molar-refractivity contribution is 6.77. The highest BCUT2D eigenvalue weighted by Gasteiger charge is 2.57. The van der Waals surface area contributed by atoms with E-state index in [9.17, 15) is 4.79 Å². The number of ether oxygens (including phenoxy) is 3. The van der Waals surface area contributed by atoms with E-state index in [1.807, 2.05) is 6.08 Å². The first-order valence-corrected chi connectivity index (χ1v) is 14.3. The van der Waals surface area contributed by atoms with Crippen LogP contribution in [0.1, 0.15) is 67.7 Å². The van der Waals surface area contributed by atoms with Crippen molar-refractivity contribution in [2.24, 2.45) is 5.92 Å². The van der Waals surface area contributed by atoms with Gasteiger partial charge in [-0.15, -0.1) is 6.58 Å². The molecule has 2 fully saturated rings. The summed E-state index contributed by atoms with van der Waals surface area (Å²) in [6.45, 7) is 25.0. The minimum atomic E-state index is -2.21. The van der Waals surface area contributed by atoms with Crippen molar-refractivity contribution in [2.75, 3.05) is 13.2 Å². The highest BCUT2D eigenvalue weighted by Crippen LogP contribution is 2.51. The van der Waals surface area contributed by atoms with Gasteiger partial charge in [-0.25, -0.2) is 4.79 Å². The number of cyclic esters (lactones) is 1. The molecule has 1 spiro atoms. The number of esters is 1. The Kier molecular flexibility index (Phi) is 7.60. The fourth-order valence-electron chi connectivity index (χ4n) is 6.50. The van der Waals surface area contributed by atoms with Crippen molar-refractivity contribution < 1.29 is 23.4 Å². The summed E-state index contributed by atoms with van der Waals surface area (Å²) in [5.74, 6) is -1.40. The fraction of sp³-hybridized carbons (Fsp3) is 0.731. The summed E-state index contributed by atoms with van der Waals surface area (Å²) in [7, 11) is -2.21. The van der Waals surface area contributed by atoms with E-state index in [2.05, 4.69) is 61.6 Å². The van der Waals surface area contributed by atoms with E-state index in [0.717, 1.165) is 18.4 Å². The zero-order valence-corrected chi connectivity index (χ0v) is 22.0. The molecule has 0 radical (unpaired) electrons. The summed E-state index contributed by atoms with van der Waals surface area (Å²) in [6, 6.07) is 0. The molecular weight excluding hydrogens is 420 g/mol. The summed E-state index contributed by atoms with van der Waals surface area (Å²) in [6.07, 6.45) is 3.47. The minimum Gasteiger partial charge on any atom is -0.453 e. The molecule has 5 nitrogen and oxygen atoms in total. The third-order valence-electron chi connectivity index (χ3n) is 7.82. The molecule has 3 atom stereocenters. The number of carbonyl (C=O) groups excluding carboxylic acids is 1. The van der Waals surface area contributed by atoms with E-state index in [1.54, 1.807) is 0 Å². The molecule has 6 heteroatoms. The summed E-state index contributed by atoms with van der Waals surface area (Å²) in [5.41, 5.74) is 3.93. The van der Waals surface area contributed by atoms with Gasteiger partial charge >= 0.3 is 5.97 Å². The summed E-state index contributed by atoms with van der Waals surface area (Å²) < 4.78 is 25.4. The lowest BCUT2D eigenvalue weighted by molar-refractivity contribution is -0.149. The van der Waals surface area contributed by atoms with E-state index < -0.39 is 20.2 Å². The summed E-state index contributed by atoms with van der Waals surface area (Å²) in [5, 5.41) is 0. The van der Waals surface area contributed by atoms with E-state index >= 15 is 0 Å². The number of hydrogen-bond acceptors (Lipinski definition) is 5. The third-order valence-corrected chi connectivity index (χ3v) is 13.9. The predicted octanol–water partition coefficient (Wildman–Crippen LogP) is 6.07. The lowest BCUT2D eigenvalue weighted by Crippen LogP contribution is -2.52. The van der Waals surface area contributed by atoms with Gasteiger partial charge in [-0.1, -0.05) is 59.8 Å². The number of carbonyl (C=O) groups is 1. The normalized spacial score (nSPS) is 26.8. The van der Waals surface area contributed by atoms with Crippen LogP contribution in [-0.4, -0.2) is 45.5 Å². The molecule has 2 aliphatic heterocycles. The van der Waals surface area contributed by atoms with Crippen molar-refractivity contribution in [3.05, 3.63) is 36.0 Å². The quantitative estimate of drug-likeness (QED) is 0.180. The van der Waals surface area contributed by atoms with Gasteiger partial charge in [-0.05, 0) is 36.4 Å². The zero-order chi connectivity index (χ0) is 23.8. The molecule has 0 saturated carbocycles. The molecule has 3 aliphatic rings. The van der Waals surface area contributed by atoms with Gasteiger partial charge in [0.15, 0.2) is 5.79 Å². The first kappa shape index (κ1) is 25.4. The zero-order valence-electron chi connectivity index (χ0n) is 21.0. The molecule has 180 valence electrons. The van der Waals surface area contributed by atoms with Gasteiger partial charge < -0.3 is 18.6 Å². The van der Waals surface area contributed by atoms with Crippen LogP contribution in [0, 0.1) is 5.92 Å². The molecule has 0 aromatic carbocycles. The van der Waals surface area contributed by atoms with Gasteiger partial charge in [0.2, 0.25) is 8.32 Å². The molecular formula is C26H42O5Si. The Hall–Kier alpha value is -1.21. The minimum absolute atomic E-state index is 0.227. The van der Waals surface area contributed by atoms with Crippen LogP contribution in [0.4, 0.5) is 0 Å². The van der Waals surface area contributed by atoms with E-state index in [4.69, 9.17) is 18.6 Å². The number of rotatable bonds is 9.